The highest BCUT2D eigenvalue weighted by Crippen LogP contribution is 2.18. The van der Waals surface area contributed by atoms with E-state index in [0.717, 1.165) is 24.0 Å². The Kier molecular flexibility index (Phi) is 5.83. The van der Waals surface area contributed by atoms with Crippen molar-refractivity contribution in [3.8, 4) is 11.8 Å². The van der Waals surface area contributed by atoms with Gasteiger partial charge in [-0.1, -0.05) is 37.2 Å². The molecule has 0 aromatic heterocycles. The third-order valence-corrected chi connectivity index (χ3v) is 3.90. The van der Waals surface area contributed by atoms with Crippen molar-refractivity contribution in [3.63, 3.8) is 0 Å². The fraction of sp³-hybridized carbons (Fsp3) is 0.500. The number of amides is 1. The van der Waals surface area contributed by atoms with Gasteiger partial charge in [0.15, 0.2) is 0 Å². The molecular weight excluding hydrogens is 262 g/mol. The van der Waals surface area contributed by atoms with Crippen LogP contribution >= 0.6 is 0 Å². The van der Waals surface area contributed by atoms with E-state index in [9.17, 15) is 4.79 Å². The van der Waals surface area contributed by atoms with Gasteiger partial charge in [-0.15, -0.1) is 0 Å². The molecule has 1 saturated carbocycles. The molecule has 2 rings (SSSR count). The van der Waals surface area contributed by atoms with Crippen molar-refractivity contribution < 1.29 is 9.90 Å². The van der Waals surface area contributed by atoms with Gasteiger partial charge in [0.25, 0.3) is 5.91 Å². The fourth-order valence-corrected chi connectivity index (χ4v) is 2.63. The quantitative estimate of drug-likeness (QED) is 0.839. The lowest BCUT2D eigenvalue weighted by Crippen LogP contribution is -2.36. The number of carbonyl (C=O) groups excluding carboxylic acids is 1. The highest BCUT2D eigenvalue weighted by Gasteiger charge is 2.16. The van der Waals surface area contributed by atoms with Gasteiger partial charge in [0.2, 0.25) is 0 Å². The molecule has 1 fully saturated rings. The predicted molar refractivity (Wildman–Crippen MR) is 84.1 cm³/mol. The molecular formula is C18H23NO2. The molecule has 0 unspecified atom stereocenters. The summed E-state index contributed by atoms with van der Waals surface area (Å²) in [4.78, 5) is 12.3. The van der Waals surface area contributed by atoms with Crippen LogP contribution in [0, 0.1) is 18.8 Å². The van der Waals surface area contributed by atoms with Crippen LogP contribution in [0.5, 0.6) is 0 Å². The number of hydrogen-bond donors (Lipinski definition) is 2. The van der Waals surface area contributed by atoms with E-state index in [1.165, 1.54) is 19.3 Å². The minimum atomic E-state index is -0.00731. The molecule has 1 amide bonds. The first kappa shape index (κ1) is 15.6. The molecule has 0 spiro atoms. The Balaban J connectivity index is 2.07. The zero-order valence-electron chi connectivity index (χ0n) is 12.6. The van der Waals surface area contributed by atoms with Gasteiger partial charge in [0, 0.05) is 23.6 Å². The van der Waals surface area contributed by atoms with Crippen molar-refractivity contribution in [3.05, 3.63) is 34.9 Å². The molecule has 0 atom stereocenters. The average molecular weight is 285 g/mol. The van der Waals surface area contributed by atoms with E-state index in [0.29, 0.717) is 18.0 Å². The first-order valence-corrected chi connectivity index (χ1v) is 7.72. The number of aryl methyl sites for hydroxylation is 1. The molecule has 0 aliphatic heterocycles. The summed E-state index contributed by atoms with van der Waals surface area (Å²) in [6.45, 7) is 2.04. The Bertz CT molecular complexity index is 548. The van der Waals surface area contributed by atoms with E-state index >= 15 is 0 Å². The topological polar surface area (TPSA) is 49.3 Å². The largest absolute Gasteiger partial charge is 0.395 e. The van der Waals surface area contributed by atoms with Crippen molar-refractivity contribution >= 4 is 5.91 Å². The van der Waals surface area contributed by atoms with Gasteiger partial charge in [-0.05, 0) is 37.5 Å². The predicted octanol–water partition coefficient (Wildman–Crippen LogP) is 2.79. The van der Waals surface area contributed by atoms with Crippen molar-refractivity contribution in [2.45, 2.75) is 51.5 Å². The van der Waals surface area contributed by atoms with E-state index in [-0.39, 0.29) is 12.5 Å². The molecule has 3 heteroatoms. The molecule has 0 radical (unpaired) electrons. The Morgan fingerprint density at radius 1 is 1.33 bits per heavy atom. The van der Waals surface area contributed by atoms with Crippen LogP contribution in [0.2, 0.25) is 0 Å². The van der Waals surface area contributed by atoms with Gasteiger partial charge >= 0.3 is 0 Å². The SMILES string of the molecule is Cc1ccc(C(=O)NC2CCCCC2)cc1C#CCCO. The summed E-state index contributed by atoms with van der Waals surface area (Å²) < 4.78 is 0. The second-order valence-electron chi connectivity index (χ2n) is 5.61. The molecule has 1 aliphatic rings. The maximum atomic E-state index is 12.3. The molecule has 21 heavy (non-hydrogen) atoms. The fourth-order valence-electron chi connectivity index (χ4n) is 2.63. The highest BCUT2D eigenvalue weighted by atomic mass is 16.2. The van der Waals surface area contributed by atoms with Crippen LogP contribution in [0.1, 0.15) is 60.0 Å². The summed E-state index contributed by atoms with van der Waals surface area (Å²) in [6.07, 6.45) is 6.31. The standard InChI is InChI=1S/C18H23NO2/c1-14-10-11-16(13-15(14)7-5-6-12-20)18(21)19-17-8-3-2-4-9-17/h10-11,13,17,20H,2-4,6,8-9,12H2,1H3,(H,19,21). The van der Waals surface area contributed by atoms with Gasteiger partial charge in [0.1, 0.15) is 0 Å². The summed E-state index contributed by atoms with van der Waals surface area (Å²) in [6, 6.07) is 5.94. The van der Waals surface area contributed by atoms with Crippen molar-refractivity contribution in [2.24, 2.45) is 0 Å². The second-order valence-corrected chi connectivity index (χ2v) is 5.61. The van der Waals surface area contributed by atoms with Gasteiger partial charge in [-0.25, -0.2) is 0 Å². The van der Waals surface area contributed by atoms with Gasteiger partial charge in [-0.3, -0.25) is 4.79 Å². The Hall–Kier alpha value is -1.79. The zero-order chi connectivity index (χ0) is 15.1. The van der Waals surface area contributed by atoms with Gasteiger partial charge in [-0.2, -0.15) is 0 Å². The van der Waals surface area contributed by atoms with E-state index < -0.39 is 0 Å². The number of aliphatic hydroxyl groups excluding tert-OH is 1. The minimum absolute atomic E-state index is 0.00731. The third-order valence-electron chi connectivity index (χ3n) is 3.90. The second kappa shape index (κ2) is 7.85. The average Bonchev–Trinajstić information content (AvgIpc) is 2.50. The van der Waals surface area contributed by atoms with Gasteiger partial charge < -0.3 is 10.4 Å². The van der Waals surface area contributed by atoms with Crippen LogP contribution in [0.25, 0.3) is 0 Å². The third kappa shape index (κ3) is 4.61. The lowest BCUT2D eigenvalue weighted by Gasteiger charge is -2.22. The Morgan fingerprint density at radius 2 is 2.10 bits per heavy atom. The maximum Gasteiger partial charge on any atom is 0.251 e. The number of hydrogen-bond acceptors (Lipinski definition) is 2. The first-order chi connectivity index (χ1) is 10.2. The Labute approximate surface area is 126 Å². The molecule has 1 aliphatic carbocycles. The van der Waals surface area contributed by atoms with Crippen molar-refractivity contribution in [2.75, 3.05) is 6.61 Å². The number of benzene rings is 1. The zero-order valence-corrected chi connectivity index (χ0v) is 12.6. The molecule has 0 heterocycles. The lowest BCUT2D eigenvalue weighted by molar-refractivity contribution is 0.0927. The number of carbonyl (C=O) groups is 1. The first-order valence-electron chi connectivity index (χ1n) is 7.72. The van der Waals surface area contributed by atoms with Crippen LogP contribution in [0.3, 0.4) is 0 Å². The number of nitrogens with one attached hydrogen (secondary N) is 1. The van der Waals surface area contributed by atoms with Crippen LogP contribution in [-0.2, 0) is 0 Å². The summed E-state index contributed by atoms with van der Waals surface area (Å²) in [5.74, 6) is 5.92. The monoisotopic (exact) mass is 285 g/mol. The van der Waals surface area contributed by atoms with E-state index in [4.69, 9.17) is 5.11 Å². The molecule has 0 bridgehead atoms. The smallest absolute Gasteiger partial charge is 0.251 e. The Morgan fingerprint density at radius 3 is 2.81 bits per heavy atom. The van der Waals surface area contributed by atoms with Crippen LogP contribution in [-0.4, -0.2) is 23.7 Å². The summed E-state index contributed by atoms with van der Waals surface area (Å²) in [7, 11) is 0. The molecule has 1 aromatic carbocycles. The summed E-state index contributed by atoms with van der Waals surface area (Å²) in [5, 5.41) is 11.9. The van der Waals surface area contributed by atoms with Crippen molar-refractivity contribution in [1.82, 2.24) is 5.32 Å². The number of rotatable bonds is 3. The highest BCUT2D eigenvalue weighted by molar-refractivity contribution is 5.94. The van der Waals surface area contributed by atoms with E-state index in [1.807, 2.05) is 25.1 Å². The molecule has 1 aromatic rings. The molecule has 3 nitrogen and oxygen atoms in total. The summed E-state index contributed by atoms with van der Waals surface area (Å²) >= 11 is 0. The van der Waals surface area contributed by atoms with Crippen molar-refractivity contribution in [1.29, 1.82) is 0 Å². The minimum Gasteiger partial charge on any atom is -0.395 e. The molecule has 2 N–H and O–H groups in total. The normalized spacial score (nSPS) is 15.1. The molecule has 0 saturated heterocycles. The number of aliphatic hydroxyl groups is 1. The van der Waals surface area contributed by atoms with Crippen LogP contribution in [0.15, 0.2) is 18.2 Å². The van der Waals surface area contributed by atoms with Crippen LogP contribution in [0.4, 0.5) is 0 Å². The van der Waals surface area contributed by atoms with E-state index in [1.54, 1.807) is 0 Å². The lowest BCUT2D eigenvalue weighted by atomic mass is 9.95. The van der Waals surface area contributed by atoms with Crippen LogP contribution < -0.4 is 5.32 Å². The van der Waals surface area contributed by atoms with Gasteiger partial charge in [0.05, 0.1) is 6.61 Å². The molecule has 112 valence electrons. The summed E-state index contributed by atoms with van der Waals surface area (Å²) in [5.41, 5.74) is 2.58. The maximum absolute atomic E-state index is 12.3. The van der Waals surface area contributed by atoms with E-state index in [2.05, 4.69) is 17.2 Å².